The molecule has 20 heavy (non-hydrogen) atoms. The number of nitrogens with one attached hydrogen (secondary N) is 2. The average Bonchev–Trinajstić information content (AvgIpc) is 2.91. The number of aromatic nitrogens is 2. The molecular formula is C14H15ClN4O. The lowest BCUT2D eigenvalue weighted by molar-refractivity contribution is 0.708. The molecular weight excluding hydrogens is 276 g/mol. The quantitative estimate of drug-likeness (QED) is 0.902. The number of anilines is 1. The van der Waals surface area contributed by atoms with E-state index in [1.165, 1.54) is 15.8 Å². The summed E-state index contributed by atoms with van der Waals surface area (Å²) in [4.78, 5) is 11.7. The first-order chi connectivity index (χ1) is 9.65. The fraction of sp³-hybridized carbons (Fsp3) is 0.286. The molecule has 2 N–H and O–H groups in total. The number of halogens is 1. The van der Waals surface area contributed by atoms with Gasteiger partial charge in [-0.25, -0.2) is 4.68 Å². The van der Waals surface area contributed by atoms with Gasteiger partial charge in [0.05, 0.1) is 11.9 Å². The highest BCUT2D eigenvalue weighted by Gasteiger charge is 2.11. The Balaban J connectivity index is 1.77. The van der Waals surface area contributed by atoms with E-state index in [1.807, 2.05) is 0 Å². The zero-order valence-corrected chi connectivity index (χ0v) is 11.9. The predicted molar refractivity (Wildman–Crippen MR) is 78.8 cm³/mol. The molecule has 0 saturated heterocycles. The Labute approximate surface area is 121 Å². The zero-order valence-electron chi connectivity index (χ0n) is 11.1. The minimum absolute atomic E-state index is 0.172. The summed E-state index contributed by atoms with van der Waals surface area (Å²) in [5.41, 5.74) is 4.10. The minimum atomic E-state index is -0.296. The predicted octanol–water partition coefficient (Wildman–Crippen LogP) is 1.65. The second-order valence-corrected chi connectivity index (χ2v) is 5.24. The highest BCUT2D eigenvalue weighted by atomic mass is 35.5. The van der Waals surface area contributed by atoms with E-state index < -0.39 is 0 Å². The normalized spacial score (nSPS) is 13.3. The molecule has 0 aliphatic carbocycles. The molecule has 0 radical (unpaired) electrons. The zero-order chi connectivity index (χ0) is 14.1. The molecule has 1 aromatic heterocycles. The lowest BCUT2D eigenvalue weighted by atomic mass is 10.1. The topological polar surface area (TPSA) is 59.0 Å². The number of aryl methyl sites for hydroxylation is 1. The van der Waals surface area contributed by atoms with Gasteiger partial charge >= 0.3 is 0 Å². The van der Waals surface area contributed by atoms with Crippen molar-refractivity contribution in [2.75, 3.05) is 5.32 Å². The molecule has 0 bridgehead atoms. The number of benzene rings is 1. The van der Waals surface area contributed by atoms with Crippen LogP contribution in [-0.4, -0.2) is 9.78 Å². The van der Waals surface area contributed by atoms with Crippen LogP contribution in [0, 0.1) is 0 Å². The highest BCUT2D eigenvalue weighted by molar-refractivity contribution is 6.32. The molecule has 2 heterocycles. The molecule has 1 aliphatic heterocycles. The number of hydrogen-bond donors (Lipinski definition) is 2. The van der Waals surface area contributed by atoms with Crippen LogP contribution in [0.2, 0.25) is 5.02 Å². The van der Waals surface area contributed by atoms with Gasteiger partial charge in [0, 0.05) is 26.7 Å². The van der Waals surface area contributed by atoms with Gasteiger partial charge in [0.15, 0.2) is 0 Å². The Morgan fingerprint density at radius 2 is 2.20 bits per heavy atom. The Kier molecular flexibility index (Phi) is 3.46. The van der Waals surface area contributed by atoms with Crippen LogP contribution in [0.1, 0.15) is 16.7 Å². The van der Waals surface area contributed by atoms with E-state index in [4.69, 9.17) is 11.6 Å². The summed E-state index contributed by atoms with van der Waals surface area (Å²) in [6.45, 7) is 2.47. The lowest BCUT2D eigenvalue weighted by Gasteiger charge is -2.09. The van der Waals surface area contributed by atoms with E-state index in [-0.39, 0.29) is 10.6 Å². The van der Waals surface area contributed by atoms with Gasteiger partial charge in [-0.3, -0.25) is 4.79 Å². The maximum absolute atomic E-state index is 11.7. The monoisotopic (exact) mass is 290 g/mol. The summed E-state index contributed by atoms with van der Waals surface area (Å²) in [6, 6.07) is 6.39. The number of hydrogen-bond acceptors (Lipinski definition) is 4. The van der Waals surface area contributed by atoms with Crippen LogP contribution >= 0.6 is 11.6 Å². The van der Waals surface area contributed by atoms with Crippen molar-refractivity contribution in [1.29, 1.82) is 0 Å². The molecule has 0 atom stereocenters. The van der Waals surface area contributed by atoms with Gasteiger partial charge in [-0.1, -0.05) is 29.8 Å². The average molecular weight is 291 g/mol. The SMILES string of the molecule is Cn1ncc(NCc2ccc3c(c2)CNC3)c(Cl)c1=O. The Bertz CT molecular complexity index is 711. The third-order valence-electron chi connectivity index (χ3n) is 3.46. The molecule has 5 nitrogen and oxygen atoms in total. The number of fused-ring (bicyclic) bond motifs is 1. The van der Waals surface area contributed by atoms with Crippen molar-refractivity contribution >= 4 is 17.3 Å². The van der Waals surface area contributed by atoms with Crippen molar-refractivity contribution < 1.29 is 0 Å². The van der Waals surface area contributed by atoms with Gasteiger partial charge in [0.2, 0.25) is 0 Å². The van der Waals surface area contributed by atoms with Gasteiger partial charge < -0.3 is 10.6 Å². The van der Waals surface area contributed by atoms with Crippen LogP contribution in [0.25, 0.3) is 0 Å². The molecule has 104 valence electrons. The molecule has 3 rings (SSSR count). The molecule has 1 aliphatic rings. The van der Waals surface area contributed by atoms with Crippen LogP contribution in [0.3, 0.4) is 0 Å². The van der Waals surface area contributed by atoms with E-state index in [0.717, 1.165) is 18.7 Å². The van der Waals surface area contributed by atoms with Crippen LogP contribution < -0.4 is 16.2 Å². The van der Waals surface area contributed by atoms with Gasteiger partial charge in [0.1, 0.15) is 5.02 Å². The maximum Gasteiger partial charge on any atom is 0.287 e. The van der Waals surface area contributed by atoms with Crippen molar-refractivity contribution in [3.63, 3.8) is 0 Å². The fourth-order valence-corrected chi connectivity index (χ4v) is 2.53. The van der Waals surface area contributed by atoms with Crippen molar-refractivity contribution in [2.24, 2.45) is 7.05 Å². The van der Waals surface area contributed by atoms with E-state index in [9.17, 15) is 4.79 Å². The number of nitrogens with zero attached hydrogens (tertiary/aromatic N) is 2. The standard InChI is InChI=1S/C14H15ClN4O/c1-19-14(20)13(15)12(8-18-19)17-5-9-2-3-10-6-16-7-11(10)4-9/h2-4,8,16-17H,5-7H2,1H3. The van der Waals surface area contributed by atoms with Gasteiger partial charge in [-0.2, -0.15) is 5.10 Å². The summed E-state index contributed by atoms with van der Waals surface area (Å²) in [5, 5.41) is 10.6. The van der Waals surface area contributed by atoms with Gasteiger partial charge in [-0.15, -0.1) is 0 Å². The van der Waals surface area contributed by atoms with Crippen LogP contribution in [-0.2, 0) is 26.7 Å². The van der Waals surface area contributed by atoms with Crippen LogP contribution in [0.5, 0.6) is 0 Å². The summed E-state index contributed by atoms with van der Waals surface area (Å²) >= 11 is 6.01. The van der Waals surface area contributed by atoms with Crippen LogP contribution in [0.4, 0.5) is 5.69 Å². The minimum Gasteiger partial charge on any atom is -0.378 e. The first-order valence-electron chi connectivity index (χ1n) is 6.42. The van der Waals surface area contributed by atoms with E-state index in [2.05, 4.69) is 33.9 Å². The second kappa shape index (κ2) is 5.26. The molecule has 1 aromatic carbocycles. The molecule has 0 amide bonds. The molecule has 0 spiro atoms. The molecule has 2 aromatic rings. The maximum atomic E-state index is 11.7. The number of rotatable bonds is 3. The summed E-state index contributed by atoms with van der Waals surface area (Å²) in [6.07, 6.45) is 1.57. The third kappa shape index (κ3) is 2.42. The Morgan fingerprint density at radius 3 is 3.05 bits per heavy atom. The Morgan fingerprint density at radius 1 is 1.40 bits per heavy atom. The first-order valence-corrected chi connectivity index (χ1v) is 6.80. The third-order valence-corrected chi connectivity index (χ3v) is 3.83. The van der Waals surface area contributed by atoms with Crippen molar-refractivity contribution in [2.45, 2.75) is 19.6 Å². The highest BCUT2D eigenvalue weighted by Crippen LogP contribution is 2.19. The smallest absolute Gasteiger partial charge is 0.287 e. The molecule has 0 fully saturated rings. The largest absolute Gasteiger partial charge is 0.378 e. The molecule has 6 heteroatoms. The van der Waals surface area contributed by atoms with Gasteiger partial charge in [-0.05, 0) is 16.7 Å². The van der Waals surface area contributed by atoms with Crippen molar-refractivity contribution in [1.82, 2.24) is 15.1 Å². The first kappa shape index (κ1) is 13.1. The lowest BCUT2D eigenvalue weighted by Crippen LogP contribution is -2.21. The molecule has 0 unspecified atom stereocenters. The summed E-state index contributed by atoms with van der Waals surface area (Å²) in [5.74, 6) is 0. The summed E-state index contributed by atoms with van der Waals surface area (Å²) in [7, 11) is 1.57. The van der Waals surface area contributed by atoms with E-state index in [1.54, 1.807) is 13.2 Å². The summed E-state index contributed by atoms with van der Waals surface area (Å²) < 4.78 is 1.22. The second-order valence-electron chi connectivity index (χ2n) is 4.86. The van der Waals surface area contributed by atoms with Crippen molar-refractivity contribution in [3.8, 4) is 0 Å². The van der Waals surface area contributed by atoms with Gasteiger partial charge in [0.25, 0.3) is 5.56 Å². The van der Waals surface area contributed by atoms with E-state index in [0.29, 0.717) is 12.2 Å². The van der Waals surface area contributed by atoms with E-state index >= 15 is 0 Å². The Hall–Kier alpha value is -1.85. The van der Waals surface area contributed by atoms with Crippen LogP contribution in [0.15, 0.2) is 29.2 Å². The fourth-order valence-electron chi connectivity index (χ4n) is 2.29. The van der Waals surface area contributed by atoms with Crippen molar-refractivity contribution in [3.05, 3.63) is 56.5 Å². The molecule has 0 saturated carbocycles.